The van der Waals surface area contributed by atoms with Crippen LogP contribution >= 0.6 is 0 Å². The molecule has 166 valence electrons. The zero-order valence-electron chi connectivity index (χ0n) is 17.7. The summed E-state index contributed by atoms with van der Waals surface area (Å²) in [5.74, 6) is -0.761. The van der Waals surface area contributed by atoms with Crippen LogP contribution in [-0.2, 0) is 20.5 Å². The Bertz CT molecular complexity index is 995. The van der Waals surface area contributed by atoms with E-state index in [0.29, 0.717) is 42.1 Å². The van der Waals surface area contributed by atoms with Gasteiger partial charge in [0.05, 0.1) is 17.9 Å². The number of benzene rings is 2. The highest BCUT2D eigenvalue weighted by atomic mass is 32.2. The summed E-state index contributed by atoms with van der Waals surface area (Å²) in [6.07, 6.45) is 3.58. The van der Waals surface area contributed by atoms with Gasteiger partial charge in [0.25, 0.3) is 5.91 Å². The van der Waals surface area contributed by atoms with E-state index in [4.69, 9.17) is 4.74 Å². The number of rotatable bonds is 9. The second-order valence-corrected chi connectivity index (χ2v) is 9.55. The van der Waals surface area contributed by atoms with E-state index in [1.165, 1.54) is 4.31 Å². The fourth-order valence-electron chi connectivity index (χ4n) is 3.31. The van der Waals surface area contributed by atoms with Crippen molar-refractivity contribution < 1.29 is 22.7 Å². The maximum atomic E-state index is 12.5. The van der Waals surface area contributed by atoms with Crippen molar-refractivity contribution in [2.75, 3.05) is 25.0 Å². The first-order valence-corrected chi connectivity index (χ1v) is 12.2. The number of unbranched alkanes of at least 4 members (excludes halogenated alkanes) is 1. The highest BCUT2D eigenvalue weighted by Gasteiger charge is 2.25. The van der Waals surface area contributed by atoms with Gasteiger partial charge < -0.3 is 10.1 Å². The van der Waals surface area contributed by atoms with Gasteiger partial charge in [-0.1, -0.05) is 25.5 Å². The molecule has 1 fully saturated rings. The van der Waals surface area contributed by atoms with Crippen LogP contribution in [0.3, 0.4) is 0 Å². The lowest BCUT2D eigenvalue weighted by Gasteiger charge is -2.15. The van der Waals surface area contributed by atoms with Gasteiger partial charge in [-0.3, -0.25) is 4.79 Å². The topological polar surface area (TPSA) is 92.8 Å². The molecule has 0 bridgehead atoms. The van der Waals surface area contributed by atoms with Crippen molar-refractivity contribution in [1.82, 2.24) is 4.31 Å². The molecule has 8 heteroatoms. The summed E-state index contributed by atoms with van der Waals surface area (Å²) < 4.78 is 31.5. The van der Waals surface area contributed by atoms with Crippen molar-refractivity contribution in [2.45, 2.75) is 38.4 Å². The summed E-state index contributed by atoms with van der Waals surface area (Å²) in [5.41, 5.74) is 2.05. The minimum absolute atomic E-state index is 0.0648. The van der Waals surface area contributed by atoms with Crippen molar-refractivity contribution in [2.24, 2.45) is 0 Å². The van der Waals surface area contributed by atoms with Gasteiger partial charge in [0.15, 0.2) is 0 Å². The van der Waals surface area contributed by atoms with Crippen molar-refractivity contribution in [3.05, 3.63) is 65.2 Å². The Balaban J connectivity index is 1.56. The molecule has 1 aliphatic heterocycles. The average Bonchev–Trinajstić information content (AvgIpc) is 3.31. The lowest BCUT2D eigenvalue weighted by Crippen LogP contribution is -2.29. The van der Waals surface area contributed by atoms with E-state index in [1.54, 1.807) is 48.5 Å². The molecule has 0 atom stereocenters. The summed E-state index contributed by atoms with van der Waals surface area (Å²) in [5, 5.41) is 2.77. The van der Waals surface area contributed by atoms with Crippen molar-refractivity contribution in [3.63, 3.8) is 0 Å². The lowest BCUT2D eigenvalue weighted by atomic mass is 10.1. The van der Waals surface area contributed by atoms with Crippen LogP contribution in [0.1, 0.15) is 58.9 Å². The number of ether oxygens (including phenoxy) is 1. The first-order valence-electron chi connectivity index (χ1n) is 10.5. The van der Waals surface area contributed by atoms with E-state index >= 15 is 0 Å². The van der Waals surface area contributed by atoms with Crippen LogP contribution in [0.15, 0.2) is 48.5 Å². The molecule has 7 nitrogen and oxygen atoms in total. The number of anilines is 1. The zero-order chi connectivity index (χ0) is 22.3. The van der Waals surface area contributed by atoms with Crippen LogP contribution in [0, 0.1) is 0 Å². The van der Waals surface area contributed by atoms with Gasteiger partial charge in [-0.15, -0.1) is 0 Å². The normalized spacial score (nSPS) is 14.4. The molecule has 2 aromatic rings. The molecule has 1 saturated heterocycles. The van der Waals surface area contributed by atoms with Crippen LogP contribution in [0.4, 0.5) is 5.69 Å². The summed E-state index contributed by atoms with van der Waals surface area (Å²) >= 11 is 0. The van der Waals surface area contributed by atoms with Gasteiger partial charge in [-0.2, -0.15) is 0 Å². The fraction of sp³-hybridized carbons (Fsp3) is 0.391. The standard InChI is InChI=1S/C23H28N2O5S/c1-2-3-16-30-23(27)20-10-12-21(13-11-20)24-22(26)19-8-6-18(7-9-19)17-31(28,29)25-14-4-5-15-25/h6-13H,2-5,14-17H2,1H3,(H,24,26). The molecular weight excluding hydrogens is 416 g/mol. The lowest BCUT2D eigenvalue weighted by molar-refractivity contribution is 0.0499. The van der Waals surface area contributed by atoms with Gasteiger partial charge in [-0.05, 0) is 61.2 Å². The van der Waals surface area contributed by atoms with Crippen molar-refractivity contribution in [3.8, 4) is 0 Å². The third kappa shape index (κ3) is 6.38. The maximum absolute atomic E-state index is 12.5. The Labute approximate surface area is 183 Å². The maximum Gasteiger partial charge on any atom is 0.338 e. The Morgan fingerprint density at radius 1 is 0.968 bits per heavy atom. The monoisotopic (exact) mass is 444 g/mol. The van der Waals surface area contributed by atoms with E-state index in [-0.39, 0.29) is 17.6 Å². The second kappa shape index (κ2) is 10.5. The molecule has 0 spiro atoms. The van der Waals surface area contributed by atoms with Crippen LogP contribution in [0.5, 0.6) is 0 Å². The minimum Gasteiger partial charge on any atom is -0.462 e. The molecule has 1 N–H and O–H groups in total. The number of nitrogens with one attached hydrogen (secondary N) is 1. The van der Waals surface area contributed by atoms with Crippen LogP contribution in [-0.4, -0.2) is 44.3 Å². The number of carbonyl (C=O) groups is 2. The first-order chi connectivity index (χ1) is 14.9. The molecule has 0 aliphatic carbocycles. The van der Waals surface area contributed by atoms with E-state index in [0.717, 1.165) is 25.7 Å². The van der Waals surface area contributed by atoms with E-state index in [9.17, 15) is 18.0 Å². The summed E-state index contributed by atoms with van der Waals surface area (Å²) in [4.78, 5) is 24.4. The van der Waals surface area contributed by atoms with E-state index in [2.05, 4.69) is 5.32 Å². The van der Waals surface area contributed by atoms with Crippen LogP contribution in [0.25, 0.3) is 0 Å². The molecule has 0 aromatic heterocycles. The van der Waals surface area contributed by atoms with E-state index < -0.39 is 10.0 Å². The SMILES string of the molecule is CCCCOC(=O)c1ccc(NC(=O)c2ccc(CS(=O)(=O)N3CCCC3)cc2)cc1. The van der Waals surface area contributed by atoms with Crippen LogP contribution in [0.2, 0.25) is 0 Å². The number of hydrogen-bond acceptors (Lipinski definition) is 5. The number of esters is 1. The third-order valence-electron chi connectivity index (χ3n) is 5.13. The molecule has 31 heavy (non-hydrogen) atoms. The molecule has 2 aromatic carbocycles. The number of carbonyl (C=O) groups excluding carboxylic acids is 2. The molecule has 1 heterocycles. The van der Waals surface area contributed by atoms with E-state index in [1.807, 2.05) is 6.92 Å². The molecular formula is C23H28N2O5S. The first kappa shape index (κ1) is 23.0. The highest BCUT2D eigenvalue weighted by molar-refractivity contribution is 7.88. The summed E-state index contributed by atoms with van der Waals surface area (Å²) in [6.45, 7) is 3.58. The quantitative estimate of drug-likeness (QED) is 0.469. The number of nitrogens with zero attached hydrogens (tertiary/aromatic N) is 1. The molecule has 0 saturated carbocycles. The Hall–Kier alpha value is -2.71. The smallest absolute Gasteiger partial charge is 0.338 e. The number of sulfonamides is 1. The summed E-state index contributed by atoms with van der Waals surface area (Å²) in [7, 11) is -3.32. The zero-order valence-corrected chi connectivity index (χ0v) is 18.5. The molecule has 0 radical (unpaired) electrons. The van der Waals surface area contributed by atoms with Gasteiger partial charge in [0.2, 0.25) is 10.0 Å². The van der Waals surface area contributed by atoms with Crippen molar-refractivity contribution in [1.29, 1.82) is 0 Å². The molecule has 0 unspecified atom stereocenters. The number of hydrogen-bond donors (Lipinski definition) is 1. The largest absolute Gasteiger partial charge is 0.462 e. The predicted octanol–water partition coefficient (Wildman–Crippen LogP) is 3.82. The number of amides is 1. The van der Waals surface area contributed by atoms with Gasteiger partial charge >= 0.3 is 5.97 Å². The fourth-order valence-corrected chi connectivity index (χ4v) is 4.92. The van der Waals surface area contributed by atoms with Gasteiger partial charge in [-0.25, -0.2) is 17.5 Å². The summed E-state index contributed by atoms with van der Waals surface area (Å²) in [6, 6.07) is 13.1. The molecule has 1 aliphatic rings. The Morgan fingerprint density at radius 2 is 1.58 bits per heavy atom. The van der Waals surface area contributed by atoms with Gasteiger partial charge in [0, 0.05) is 24.3 Å². The Morgan fingerprint density at radius 3 is 2.19 bits per heavy atom. The average molecular weight is 445 g/mol. The predicted molar refractivity (Wildman–Crippen MR) is 119 cm³/mol. The minimum atomic E-state index is -3.32. The van der Waals surface area contributed by atoms with Crippen LogP contribution < -0.4 is 5.32 Å². The second-order valence-electron chi connectivity index (χ2n) is 7.58. The van der Waals surface area contributed by atoms with Gasteiger partial charge in [0.1, 0.15) is 0 Å². The highest BCUT2D eigenvalue weighted by Crippen LogP contribution is 2.18. The Kier molecular flexibility index (Phi) is 7.81. The van der Waals surface area contributed by atoms with Crippen molar-refractivity contribution >= 4 is 27.6 Å². The third-order valence-corrected chi connectivity index (χ3v) is 6.98. The molecule has 3 rings (SSSR count). The molecule has 1 amide bonds.